The Kier molecular flexibility index (Phi) is 5.47. The number of rotatable bonds is 5. The number of nitrogens with zero attached hydrogens (tertiary/aromatic N) is 1. The second-order valence-electron chi connectivity index (χ2n) is 6.44. The molecule has 1 aliphatic rings. The summed E-state index contributed by atoms with van der Waals surface area (Å²) in [6.45, 7) is 3.26. The highest BCUT2D eigenvalue weighted by molar-refractivity contribution is 9.10. The second kappa shape index (κ2) is 7.67. The van der Waals surface area contributed by atoms with Crippen molar-refractivity contribution in [2.75, 3.05) is 19.1 Å². The van der Waals surface area contributed by atoms with Gasteiger partial charge in [-0.05, 0) is 43.7 Å². The summed E-state index contributed by atoms with van der Waals surface area (Å²) in [6, 6.07) is 9.73. The molecule has 0 aliphatic carbocycles. The number of methoxy groups -OCH3 is 2. The standard InChI is InChI=1S/C21H20BrNO5/c1-11-5-6-13(9-16(11)22)23-19(18(12(2)24)20(25)21(23)26)15-8-7-14(27-3)10-17(15)28-4/h5-10,19,25H,1-4H3/t19-/m0/s1. The number of hydrogen-bond donors (Lipinski definition) is 1. The summed E-state index contributed by atoms with van der Waals surface area (Å²) in [5.41, 5.74) is 2.15. The molecule has 0 unspecified atom stereocenters. The van der Waals surface area contributed by atoms with Crippen molar-refractivity contribution < 1.29 is 24.2 Å². The summed E-state index contributed by atoms with van der Waals surface area (Å²) in [5.74, 6) is -0.549. The maximum absolute atomic E-state index is 12.9. The van der Waals surface area contributed by atoms with Gasteiger partial charge in [-0.15, -0.1) is 0 Å². The van der Waals surface area contributed by atoms with E-state index < -0.39 is 17.7 Å². The molecule has 1 amide bonds. The number of hydrogen-bond acceptors (Lipinski definition) is 5. The summed E-state index contributed by atoms with van der Waals surface area (Å²) in [6.07, 6.45) is 0. The number of Topliss-reactive ketones (excluding diaryl/α,β-unsaturated/α-hetero) is 1. The lowest BCUT2D eigenvalue weighted by atomic mass is 9.95. The van der Waals surface area contributed by atoms with Crippen LogP contribution < -0.4 is 14.4 Å². The van der Waals surface area contributed by atoms with Crippen LogP contribution in [0, 0.1) is 6.92 Å². The zero-order valence-electron chi connectivity index (χ0n) is 15.9. The Hall–Kier alpha value is -2.80. The van der Waals surface area contributed by atoms with Crippen LogP contribution in [0.25, 0.3) is 0 Å². The molecule has 0 saturated carbocycles. The third-order valence-electron chi connectivity index (χ3n) is 4.76. The highest BCUT2D eigenvalue weighted by atomic mass is 79.9. The van der Waals surface area contributed by atoms with E-state index in [9.17, 15) is 14.7 Å². The molecule has 146 valence electrons. The van der Waals surface area contributed by atoms with Crippen molar-refractivity contribution >= 4 is 33.3 Å². The molecule has 1 N–H and O–H groups in total. The van der Waals surface area contributed by atoms with E-state index in [0.717, 1.165) is 10.0 Å². The number of halogens is 1. The number of carbonyl (C=O) groups is 2. The first kappa shape index (κ1) is 19.9. The molecule has 1 aliphatic heterocycles. The number of carbonyl (C=O) groups excluding carboxylic acids is 2. The number of aryl methyl sites for hydroxylation is 1. The van der Waals surface area contributed by atoms with Gasteiger partial charge in [-0.2, -0.15) is 0 Å². The van der Waals surface area contributed by atoms with Gasteiger partial charge in [0, 0.05) is 21.8 Å². The Morgan fingerprint density at radius 1 is 1.14 bits per heavy atom. The van der Waals surface area contributed by atoms with Crippen molar-refractivity contribution in [3.05, 3.63) is 63.3 Å². The van der Waals surface area contributed by atoms with Crippen molar-refractivity contribution in [2.45, 2.75) is 19.9 Å². The number of benzene rings is 2. The normalized spacial score (nSPS) is 16.5. The minimum atomic E-state index is -0.819. The first-order valence-corrected chi connectivity index (χ1v) is 9.35. The van der Waals surface area contributed by atoms with Crippen molar-refractivity contribution in [1.82, 2.24) is 0 Å². The highest BCUT2D eigenvalue weighted by Gasteiger charge is 2.44. The Morgan fingerprint density at radius 2 is 1.86 bits per heavy atom. The molecule has 2 aromatic rings. The molecular weight excluding hydrogens is 426 g/mol. The molecule has 28 heavy (non-hydrogen) atoms. The number of aliphatic hydroxyl groups is 1. The van der Waals surface area contributed by atoms with Gasteiger partial charge in [-0.1, -0.05) is 22.0 Å². The average Bonchev–Trinajstić information content (AvgIpc) is 2.94. The SMILES string of the molecule is COc1ccc([C@H]2C(C(C)=O)=C(O)C(=O)N2c2ccc(C)c(Br)c2)c(OC)c1. The van der Waals surface area contributed by atoms with E-state index in [1.165, 1.54) is 26.0 Å². The minimum absolute atomic E-state index is 0.0326. The van der Waals surface area contributed by atoms with Crippen LogP contribution >= 0.6 is 15.9 Å². The quantitative estimate of drug-likeness (QED) is 0.743. The summed E-state index contributed by atoms with van der Waals surface area (Å²) in [5, 5.41) is 10.5. The van der Waals surface area contributed by atoms with E-state index in [0.29, 0.717) is 22.7 Å². The van der Waals surface area contributed by atoms with Crippen molar-refractivity contribution in [3.63, 3.8) is 0 Å². The largest absolute Gasteiger partial charge is 0.503 e. The molecule has 2 aromatic carbocycles. The van der Waals surface area contributed by atoms with E-state index in [1.807, 2.05) is 13.0 Å². The smallest absolute Gasteiger partial charge is 0.294 e. The summed E-state index contributed by atoms with van der Waals surface area (Å²) in [7, 11) is 3.04. The Balaban J connectivity index is 2.24. The number of aliphatic hydroxyl groups excluding tert-OH is 1. The van der Waals surface area contributed by atoms with E-state index in [-0.39, 0.29) is 11.4 Å². The van der Waals surface area contributed by atoms with Crippen LogP contribution in [0.15, 0.2) is 52.2 Å². The molecule has 0 radical (unpaired) electrons. The fourth-order valence-corrected chi connectivity index (χ4v) is 3.67. The molecule has 1 heterocycles. The number of anilines is 1. The van der Waals surface area contributed by atoms with Crippen molar-refractivity contribution in [1.29, 1.82) is 0 Å². The molecule has 1 atom stereocenters. The topological polar surface area (TPSA) is 76.1 Å². The average molecular weight is 446 g/mol. The molecule has 6 nitrogen and oxygen atoms in total. The van der Waals surface area contributed by atoms with E-state index in [4.69, 9.17) is 9.47 Å². The summed E-state index contributed by atoms with van der Waals surface area (Å²) >= 11 is 3.47. The molecule has 7 heteroatoms. The Bertz CT molecular complexity index is 998. The highest BCUT2D eigenvalue weighted by Crippen LogP contribution is 2.45. The maximum atomic E-state index is 12.9. The van der Waals surface area contributed by atoms with Crippen LogP contribution in [0.5, 0.6) is 11.5 Å². The fourth-order valence-electron chi connectivity index (χ4n) is 3.30. The van der Waals surface area contributed by atoms with Gasteiger partial charge in [0.2, 0.25) is 0 Å². The van der Waals surface area contributed by atoms with Crippen LogP contribution in [0.1, 0.15) is 24.1 Å². The van der Waals surface area contributed by atoms with Gasteiger partial charge in [0.25, 0.3) is 5.91 Å². The molecule has 0 bridgehead atoms. The van der Waals surface area contributed by atoms with Crippen LogP contribution in [0.4, 0.5) is 5.69 Å². The Labute approximate surface area is 171 Å². The molecule has 0 saturated heterocycles. The van der Waals surface area contributed by atoms with Crippen molar-refractivity contribution in [2.24, 2.45) is 0 Å². The monoisotopic (exact) mass is 445 g/mol. The zero-order chi connectivity index (χ0) is 20.6. The first-order chi connectivity index (χ1) is 13.3. The zero-order valence-corrected chi connectivity index (χ0v) is 17.5. The minimum Gasteiger partial charge on any atom is -0.503 e. The van der Waals surface area contributed by atoms with Gasteiger partial charge in [0.15, 0.2) is 11.5 Å². The van der Waals surface area contributed by atoms with Gasteiger partial charge in [-0.3, -0.25) is 14.5 Å². The van der Waals surface area contributed by atoms with E-state index >= 15 is 0 Å². The van der Waals surface area contributed by atoms with Gasteiger partial charge >= 0.3 is 0 Å². The lowest BCUT2D eigenvalue weighted by molar-refractivity contribution is -0.117. The third-order valence-corrected chi connectivity index (χ3v) is 5.61. The van der Waals surface area contributed by atoms with Crippen LogP contribution in [-0.4, -0.2) is 31.0 Å². The maximum Gasteiger partial charge on any atom is 0.294 e. The first-order valence-electron chi connectivity index (χ1n) is 8.55. The van der Waals surface area contributed by atoms with E-state index in [1.54, 1.807) is 30.3 Å². The molecule has 0 aromatic heterocycles. The van der Waals surface area contributed by atoms with Crippen LogP contribution in [0.2, 0.25) is 0 Å². The van der Waals surface area contributed by atoms with E-state index in [2.05, 4.69) is 15.9 Å². The molecule has 0 fully saturated rings. The molecule has 3 rings (SSSR count). The van der Waals surface area contributed by atoms with Gasteiger partial charge in [-0.25, -0.2) is 0 Å². The van der Waals surface area contributed by atoms with Crippen molar-refractivity contribution in [3.8, 4) is 11.5 Å². The van der Waals surface area contributed by atoms with Gasteiger partial charge in [0.05, 0.1) is 25.8 Å². The number of ether oxygens (including phenoxy) is 2. The second-order valence-corrected chi connectivity index (χ2v) is 7.29. The Morgan fingerprint density at radius 3 is 2.43 bits per heavy atom. The summed E-state index contributed by atoms with van der Waals surface area (Å²) in [4.78, 5) is 26.6. The number of amides is 1. The predicted molar refractivity (Wildman–Crippen MR) is 109 cm³/mol. The van der Waals surface area contributed by atoms with Crippen LogP contribution in [-0.2, 0) is 9.59 Å². The molecule has 0 spiro atoms. The third kappa shape index (κ3) is 3.26. The van der Waals surface area contributed by atoms with Gasteiger partial charge < -0.3 is 14.6 Å². The van der Waals surface area contributed by atoms with Gasteiger partial charge in [0.1, 0.15) is 11.5 Å². The lowest BCUT2D eigenvalue weighted by Crippen LogP contribution is -2.31. The summed E-state index contributed by atoms with van der Waals surface area (Å²) < 4.78 is 11.5. The predicted octanol–water partition coefficient (Wildman–Crippen LogP) is 4.26. The van der Waals surface area contributed by atoms with Crippen LogP contribution in [0.3, 0.4) is 0 Å². The fraction of sp³-hybridized carbons (Fsp3) is 0.238. The number of ketones is 1. The molecular formula is C21H20BrNO5. The lowest BCUT2D eigenvalue weighted by Gasteiger charge is -2.28.